The molecule has 0 saturated heterocycles. The predicted octanol–water partition coefficient (Wildman–Crippen LogP) is 2.01. The largest absolute Gasteiger partial charge is 0.741 e. The van der Waals surface area contributed by atoms with E-state index in [9.17, 15) is 44.3 Å². The highest BCUT2D eigenvalue weighted by Crippen LogP contribution is 2.23. The van der Waals surface area contributed by atoms with Crippen LogP contribution in [0.5, 0.6) is 0 Å². The normalized spacial score (nSPS) is 11.9. The topological polar surface area (TPSA) is 156 Å². The molecule has 0 atom stereocenters. The summed E-state index contributed by atoms with van der Waals surface area (Å²) in [5.74, 6) is -0.615. The van der Waals surface area contributed by atoms with Gasteiger partial charge in [0.15, 0.2) is 10.1 Å². The first-order chi connectivity index (χ1) is 17.4. The molecule has 0 bridgehead atoms. The number of hydrogen-bond donors (Lipinski definition) is 0. The third-order valence-corrected chi connectivity index (χ3v) is 4.82. The van der Waals surface area contributed by atoms with E-state index >= 15 is 0 Å². The number of likely N-dealkylation sites (N-methyl/N-ethyl adjacent to an activating group) is 2. The number of carbonyl (C=O) groups is 2. The van der Waals surface area contributed by atoms with Crippen molar-refractivity contribution >= 4 is 32.2 Å². The Morgan fingerprint density at radius 3 is 1.32 bits per heavy atom. The number of alkyl halides is 6. The summed E-state index contributed by atoms with van der Waals surface area (Å²) in [4.78, 5) is 23.6. The van der Waals surface area contributed by atoms with E-state index in [4.69, 9.17) is 22.4 Å². The lowest BCUT2D eigenvalue weighted by Gasteiger charge is -2.23. The Bertz CT molecular complexity index is 1020. The molecule has 40 heavy (non-hydrogen) atoms. The van der Waals surface area contributed by atoms with E-state index in [0.717, 1.165) is 17.6 Å². The highest BCUT2D eigenvalue weighted by atomic mass is 32.2. The fourth-order valence-corrected chi connectivity index (χ4v) is 1.26. The van der Waals surface area contributed by atoms with E-state index in [1.807, 2.05) is 19.0 Å². The molecular formula is C20H36F6N2O10S2. The number of halogens is 6. The van der Waals surface area contributed by atoms with Gasteiger partial charge in [0.25, 0.3) is 0 Å². The summed E-state index contributed by atoms with van der Waals surface area (Å²) in [6.45, 7) is 12.7. The number of quaternary nitrogens is 1. The van der Waals surface area contributed by atoms with Gasteiger partial charge in [-0.3, -0.25) is 4.18 Å². The minimum absolute atomic E-state index is 0.302. The Labute approximate surface area is 230 Å². The van der Waals surface area contributed by atoms with Crippen molar-refractivity contribution in [1.82, 2.24) is 4.90 Å². The molecule has 0 radical (unpaired) electrons. The highest BCUT2D eigenvalue weighted by Gasteiger charge is 2.46. The molecule has 0 aliphatic carbocycles. The predicted molar refractivity (Wildman–Crippen MR) is 131 cm³/mol. The van der Waals surface area contributed by atoms with Crippen LogP contribution in [0.15, 0.2) is 24.3 Å². The maximum Gasteiger partial charge on any atom is 0.523 e. The Balaban J connectivity index is -0.000000219. The fourth-order valence-electron chi connectivity index (χ4n) is 1.07. The minimum Gasteiger partial charge on any atom is -0.741 e. The van der Waals surface area contributed by atoms with E-state index in [1.54, 1.807) is 13.8 Å². The van der Waals surface area contributed by atoms with E-state index in [1.165, 1.54) is 0 Å². The van der Waals surface area contributed by atoms with Crippen LogP contribution in [0.1, 0.15) is 13.8 Å². The zero-order valence-electron chi connectivity index (χ0n) is 23.3. The van der Waals surface area contributed by atoms with Crippen LogP contribution in [0.3, 0.4) is 0 Å². The number of rotatable bonds is 9. The van der Waals surface area contributed by atoms with Gasteiger partial charge in [-0.2, -0.15) is 34.8 Å². The van der Waals surface area contributed by atoms with Crippen LogP contribution in [-0.2, 0) is 43.5 Å². The highest BCUT2D eigenvalue weighted by molar-refractivity contribution is 7.87. The van der Waals surface area contributed by atoms with Gasteiger partial charge >= 0.3 is 33.1 Å². The number of nitrogens with zero attached hydrogens (tertiary/aromatic N) is 2. The first-order valence-electron chi connectivity index (χ1n) is 10.4. The van der Waals surface area contributed by atoms with Gasteiger partial charge in [-0.15, -0.1) is 0 Å². The second-order valence-corrected chi connectivity index (χ2v) is 11.7. The van der Waals surface area contributed by atoms with Crippen LogP contribution in [0.25, 0.3) is 0 Å². The van der Waals surface area contributed by atoms with Crippen molar-refractivity contribution in [3.63, 3.8) is 0 Å². The Morgan fingerprint density at radius 1 is 0.825 bits per heavy atom. The van der Waals surface area contributed by atoms with Gasteiger partial charge in [0.1, 0.15) is 19.8 Å². The molecule has 0 aromatic heterocycles. The van der Waals surface area contributed by atoms with Gasteiger partial charge in [0.05, 0.1) is 28.3 Å². The summed E-state index contributed by atoms with van der Waals surface area (Å²) < 4.78 is 125. The van der Waals surface area contributed by atoms with Gasteiger partial charge in [0, 0.05) is 17.7 Å². The molecule has 0 unspecified atom stereocenters. The number of esters is 2. The standard InChI is InChI=1S/C9H18NO2.C8H15NO2.C2H3F3O3S.CHF3O3S/c1-8(2)9(11)12-7-6-10(3,4)5;1-7(2)8(10)11-6-5-9(3)4;1-8-9(6,7)2(3,4)5;2-1(3,4)8(5,6)7/h1,6-7H2,2-5H3;1,5-6H2,2-4H3;1H3;(H,5,6,7)/q+1;;;/p-1. The molecule has 0 amide bonds. The summed E-state index contributed by atoms with van der Waals surface area (Å²) in [6, 6.07) is 0. The van der Waals surface area contributed by atoms with Crippen LogP contribution in [-0.4, -0.2) is 122 Å². The van der Waals surface area contributed by atoms with Crippen molar-refractivity contribution in [3.05, 3.63) is 24.3 Å². The molecule has 0 spiro atoms. The SMILES string of the molecule is C=C(C)C(=O)OCCN(C)C.C=C(C)C(=O)OCC[N+](C)(C)C.COS(=O)(=O)C(F)(F)F.O=S(=O)([O-])C(F)(F)F. The maximum absolute atomic E-state index is 11.1. The summed E-state index contributed by atoms with van der Waals surface area (Å²) >= 11 is 0. The summed E-state index contributed by atoms with van der Waals surface area (Å²) in [7, 11) is -0.978. The summed E-state index contributed by atoms with van der Waals surface area (Å²) in [6.07, 6.45) is 0. The smallest absolute Gasteiger partial charge is 0.523 e. The molecule has 0 saturated carbocycles. The van der Waals surface area contributed by atoms with Crippen molar-refractivity contribution in [2.24, 2.45) is 0 Å². The van der Waals surface area contributed by atoms with E-state index < -0.39 is 31.3 Å². The Morgan fingerprint density at radius 2 is 1.15 bits per heavy atom. The molecule has 0 aliphatic heterocycles. The van der Waals surface area contributed by atoms with Crippen LogP contribution in [0.2, 0.25) is 0 Å². The third-order valence-electron chi connectivity index (χ3n) is 3.25. The zero-order chi connectivity index (χ0) is 33.3. The van der Waals surface area contributed by atoms with Gasteiger partial charge in [-0.05, 0) is 27.9 Å². The van der Waals surface area contributed by atoms with Crippen molar-refractivity contribution in [1.29, 1.82) is 0 Å². The molecule has 0 fully saturated rings. The van der Waals surface area contributed by atoms with Gasteiger partial charge < -0.3 is 23.4 Å². The first-order valence-corrected chi connectivity index (χ1v) is 13.2. The molecule has 240 valence electrons. The number of ether oxygens (including phenoxy) is 2. The zero-order valence-corrected chi connectivity index (χ0v) is 24.9. The van der Waals surface area contributed by atoms with E-state index in [-0.39, 0.29) is 11.9 Å². The van der Waals surface area contributed by atoms with Crippen LogP contribution >= 0.6 is 0 Å². The van der Waals surface area contributed by atoms with Gasteiger partial charge in [-0.25, -0.2) is 18.0 Å². The summed E-state index contributed by atoms with van der Waals surface area (Å²) in [5, 5.41) is 0. The lowest BCUT2D eigenvalue weighted by Crippen LogP contribution is -2.38. The second kappa shape index (κ2) is 19.0. The molecule has 12 nitrogen and oxygen atoms in total. The molecule has 20 heteroatoms. The summed E-state index contributed by atoms with van der Waals surface area (Å²) in [5.41, 5.74) is -10.0. The third kappa shape index (κ3) is 27.3. The molecule has 0 heterocycles. The van der Waals surface area contributed by atoms with Crippen molar-refractivity contribution in [3.8, 4) is 0 Å². The average Bonchev–Trinajstić information content (AvgIpc) is 2.71. The monoisotopic (exact) mass is 642 g/mol. The van der Waals surface area contributed by atoms with Crippen molar-refractivity contribution in [2.45, 2.75) is 24.9 Å². The number of hydrogen-bond acceptors (Lipinski definition) is 11. The molecule has 0 aromatic carbocycles. The van der Waals surface area contributed by atoms with Crippen LogP contribution in [0.4, 0.5) is 26.3 Å². The lowest BCUT2D eigenvalue weighted by molar-refractivity contribution is -0.870. The Hall–Kier alpha value is -2.26. The quantitative estimate of drug-likeness (QED) is 0.0690. The second-order valence-electron chi connectivity index (χ2n) is 8.62. The maximum atomic E-state index is 11.1. The van der Waals surface area contributed by atoms with Crippen molar-refractivity contribution in [2.75, 3.05) is 68.7 Å². The Kier molecular flexibility index (Phi) is 21.2. The molecule has 0 aromatic rings. The first kappa shape index (κ1) is 44.7. The molecule has 0 aliphatic rings. The van der Waals surface area contributed by atoms with E-state index in [2.05, 4.69) is 38.5 Å². The minimum atomic E-state index is -6.09. The van der Waals surface area contributed by atoms with Crippen LogP contribution < -0.4 is 0 Å². The number of carbonyl (C=O) groups excluding carboxylic acids is 2. The fraction of sp³-hybridized carbons (Fsp3) is 0.700. The molecule has 0 N–H and O–H groups in total. The lowest BCUT2D eigenvalue weighted by atomic mass is 10.4. The van der Waals surface area contributed by atoms with Crippen molar-refractivity contribution < 1.29 is 75.5 Å². The molecular weight excluding hydrogens is 606 g/mol. The average molecular weight is 643 g/mol. The molecule has 0 rings (SSSR count). The van der Waals surface area contributed by atoms with Crippen LogP contribution in [0, 0.1) is 0 Å². The van der Waals surface area contributed by atoms with Gasteiger partial charge in [-0.1, -0.05) is 13.2 Å². The van der Waals surface area contributed by atoms with Gasteiger partial charge in [0.2, 0.25) is 0 Å². The van der Waals surface area contributed by atoms with E-state index in [0.29, 0.717) is 31.5 Å².